The minimum atomic E-state index is -1.29. The fourth-order valence-corrected chi connectivity index (χ4v) is 4.04. The molecule has 0 N–H and O–H groups in total. The van der Waals surface area contributed by atoms with Gasteiger partial charge in [0.25, 0.3) is 0 Å². The Hall–Kier alpha value is -1.21. The van der Waals surface area contributed by atoms with Crippen LogP contribution in [0.5, 0.6) is 0 Å². The highest BCUT2D eigenvalue weighted by Crippen LogP contribution is 2.31. The quantitative estimate of drug-likeness (QED) is 0.502. The Morgan fingerprint density at radius 3 is 1.50 bits per heavy atom. The molecule has 0 amide bonds. The molecule has 1 aromatic carbocycles. The Morgan fingerprint density at radius 2 is 1.09 bits per heavy atom. The van der Waals surface area contributed by atoms with E-state index in [2.05, 4.69) is 4.98 Å². The Labute approximate surface area is 133 Å². The molecule has 0 spiro atoms. The van der Waals surface area contributed by atoms with Crippen LogP contribution in [0.3, 0.4) is 0 Å². The van der Waals surface area contributed by atoms with Gasteiger partial charge in [-0.05, 0) is 12.1 Å². The van der Waals surface area contributed by atoms with Crippen molar-refractivity contribution in [1.29, 1.82) is 0 Å². The molecular formula is C15H11F4NS2. The lowest BCUT2D eigenvalue weighted by molar-refractivity contribution is 0.435. The number of aromatic nitrogens is 1. The number of pyridine rings is 1. The van der Waals surface area contributed by atoms with Crippen molar-refractivity contribution in [2.24, 2.45) is 0 Å². The third-order valence-corrected chi connectivity index (χ3v) is 5.29. The van der Waals surface area contributed by atoms with E-state index in [0.717, 1.165) is 11.4 Å². The zero-order chi connectivity index (χ0) is 15.7. The molecule has 4 bridgehead atoms. The fraction of sp³-hybridized carbons (Fsp3) is 0.267. The third-order valence-electron chi connectivity index (χ3n) is 3.30. The fourth-order valence-electron chi connectivity index (χ4n) is 2.18. The first kappa shape index (κ1) is 15.7. The van der Waals surface area contributed by atoms with Gasteiger partial charge in [0.1, 0.15) is 0 Å². The van der Waals surface area contributed by atoms with E-state index in [-0.39, 0.29) is 11.5 Å². The van der Waals surface area contributed by atoms with Gasteiger partial charge in [-0.15, -0.1) is 0 Å². The normalized spacial score (nSPS) is 15.1. The zero-order valence-corrected chi connectivity index (χ0v) is 13.0. The topological polar surface area (TPSA) is 12.9 Å². The van der Waals surface area contributed by atoms with E-state index in [1.165, 1.54) is 23.5 Å². The molecule has 0 radical (unpaired) electrons. The number of thioether (sulfide) groups is 2. The molecule has 0 unspecified atom stereocenters. The molecule has 7 heteroatoms. The van der Waals surface area contributed by atoms with Crippen LogP contribution in [0, 0.1) is 23.3 Å². The van der Waals surface area contributed by atoms with E-state index < -0.39 is 34.4 Å². The van der Waals surface area contributed by atoms with Crippen molar-refractivity contribution in [3.05, 3.63) is 64.0 Å². The predicted octanol–water partition coefficient (Wildman–Crippen LogP) is 4.82. The number of fused-ring (bicyclic) bond motifs is 6. The molecule has 0 saturated heterocycles. The summed E-state index contributed by atoms with van der Waals surface area (Å²) in [6, 6.07) is 5.49. The maximum atomic E-state index is 14.0. The summed E-state index contributed by atoms with van der Waals surface area (Å²) in [5, 5.41) is 0. The largest absolute Gasteiger partial charge is 0.256 e. The number of halogens is 4. The minimum absolute atomic E-state index is 0.148. The van der Waals surface area contributed by atoms with Gasteiger partial charge in [-0.25, -0.2) is 17.6 Å². The highest BCUT2D eigenvalue weighted by atomic mass is 32.2. The van der Waals surface area contributed by atoms with Crippen LogP contribution < -0.4 is 0 Å². The van der Waals surface area contributed by atoms with Crippen LogP contribution in [0.15, 0.2) is 18.2 Å². The van der Waals surface area contributed by atoms with Crippen molar-refractivity contribution in [3.8, 4) is 0 Å². The standard InChI is InChI=1S/C15H11F4NS2/c16-12-10-6-21-4-8-2-1-3-9(20-8)5-22-7-11(14(12)18)15(19)13(10)17/h1-3H,4-7H2. The summed E-state index contributed by atoms with van der Waals surface area (Å²) in [6.07, 6.45) is 0. The highest BCUT2D eigenvalue weighted by molar-refractivity contribution is 7.98. The van der Waals surface area contributed by atoms with Crippen molar-refractivity contribution < 1.29 is 17.6 Å². The smallest absolute Gasteiger partial charge is 0.166 e. The van der Waals surface area contributed by atoms with Crippen molar-refractivity contribution in [2.75, 3.05) is 0 Å². The van der Waals surface area contributed by atoms with E-state index in [1.54, 1.807) is 0 Å². The molecule has 1 aromatic heterocycles. The molecule has 116 valence electrons. The number of benzene rings is 1. The summed E-state index contributed by atoms with van der Waals surface area (Å²) in [6.45, 7) is 0. The molecule has 2 aliphatic rings. The van der Waals surface area contributed by atoms with Crippen LogP contribution in [0.25, 0.3) is 0 Å². The van der Waals surface area contributed by atoms with Crippen LogP contribution in [-0.4, -0.2) is 4.98 Å². The van der Waals surface area contributed by atoms with Gasteiger partial charge in [0, 0.05) is 34.1 Å². The molecule has 22 heavy (non-hydrogen) atoms. The van der Waals surface area contributed by atoms with Gasteiger partial charge >= 0.3 is 0 Å². The first-order chi connectivity index (χ1) is 10.6. The lowest BCUT2D eigenvalue weighted by Gasteiger charge is -2.11. The van der Waals surface area contributed by atoms with Crippen LogP contribution in [0.1, 0.15) is 22.5 Å². The molecule has 0 aliphatic carbocycles. The highest BCUT2D eigenvalue weighted by Gasteiger charge is 2.25. The summed E-state index contributed by atoms with van der Waals surface area (Å²) >= 11 is 2.34. The average molecular weight is 345 g/mol. The Kier molecular flexibility index (Phi) is 4.63. The van der Waals surface area contributed by atoms with E-state index in [4.69, 9.17) is 0 Å². The third kappa shape index (κ3) is 2.96. The monoisotopic (exact) mass is 345 g/mol. The Morgan fingerprint density at radius 1 is 0.682 bits per heavy atom. The molecule has 2 aromatic rings. The first-order valence-electron chi connectivity index (χ1n) is 6.52. The van der Waals surface area contributed by atoms with Gasteiger partial charge in [0.2, 0.25) is 0 Å². The molecule has 0 atom stereocenters. The molecule has 0 fully saturated rings. The second-order valence-electron chi connectivity index (χ2n) is 4.82. The minimum Gasteiger partial charge on any atom is -0.256 e. The number of nitrogens with zero attached hydrogens (tertiary/aromatic N) is 1. The van der Waals surface area contributed by atoms with Crippen LogP contribution in [0.4, 0.5) is 17.6 Å². The average Bonchev–Trinajstić information content (AvgIpc) is 2.53. The van der Waals surface area contributed by atoms with E-state index >= 15 is 0 Å². The summed E-state index contributed by atoms with van der Waals surface area (Å²) in [4.78, 5) is 4.42. The van der Waals surface area contributed by atoms with E-state index in [0.29, 0.717) is 11.5 Å². The van der Waals surface area contributed by atoms with Gasteiger partial charge in [0.15, 0.2) is 23.3 Å². The van der Waals surface area contributed by atoms with E-state index in [1.807, 2.05) is 18.2 Å². The predicted molar refractivity (Wildman–Crippen MR) is 80.5 cm³/mol. The van der Waals surface area contributed by atoms with Crippen LogP contribution in [-0.2, 0) is 23.0 Å². The lowest BCUT2D eigenvalue weighted by atomic mass is 10.1. The number of rotatable bonds is 0. The maximum absolute atomic E-state index is 14.0. The summed E-state index contributed by atoms with van der Waals surface area (Å²) in [7, 11) is 0. The number of hydrogen-bond donors (Lipinski definition) is 0. The van der Waals surface area contributed by atoms with Gasteiger partial charge in [-0.2, -0.15) is 23.5 Å². The van der Waals surface area contributed by atoms with Crippen molar-refractivity contribution in [3.63, 3.8) is 0 Å². The summed E-state index contributed by atoms with van der Waals surface area (Å²) in [5.74, 6) is -4.62. The first-order valence-corrected chi connectivity index (χ1v) is 8.83. The van der Waals surface area contributed by atoms with Crippen molar-refractivity contribution in [2.45, 2.75) is 23.0 Å². The zero-order valence-electron chi connectivity index (χ0n) is 11.3. The molecule has 2 aliphatic heterocycles. The van der Waals surface area contributed by atoms with Gasteiger partial charge < -0.3 is 0 Å². The maximum Gasteiger partial charge on any atom is 0.166 e. The SMILES string of the molecule is Fc1c(F)c2c(F)c(F)c1CSCc1cccc(n1)CSC2. The molecule has 1 nitrogen and oxygen atoms in total. The lowest BCUT2D eigenvalue weighted by Crippen LogP contribution is -2.07. The molecular weight excluding hydrogens is 334 g/mol. The second-order valence-corrected chi connectivity index (χ2v) is 6.79. The molecule has 3 heterocycles. The summed E-state index contributed by atoms with van der Waals surface area (Å²) < 4.78 is 55.9. The van der Waals surface area contributed by atoms with Crippen molar-refractivity contribution in [1.82, 2.24) is 4.98 Å². The Bertz CT molecular complexity index is 636. The van der Waals surface area contributed by atoms with E-state index in [9.17, 15) is 17.6 Å². The number of hydrogen-bond acceptors (Lipinski definition) is 3. The van der Waals surface area contributed by atoms with Gasteiger partial charge in [-0.1, -0.05) is 6.07 Å². The van der Waals surface area contributed by atoms with Gasteiger partial charge in [0.05, 0.1) is 11.4 Å². The van der Waals surface area contributed by atoms with Crippen LogP contribution in [0.2, 0.25) is 0 Å². The summed E-state index contributed by atoms with van der Waals surface area (Å²) in [5.41, 5.74) is 0.452. The molecule has 0 saturated carbocycles. The second kappa shape index (κ2) is 6.50. The Balaban J connectivity index is 2.03. The van der Waals surface area contributed by atoms with Crippen LogP contribution >= 0.6 is 23.5 Å². The van der Waals surface area contributed by atoms with Gasteiger partial charge in [-0.3, -0.25) is 4.98 Å². The molecule has 4 rings (SSSR count). The van der Waals surface area contributed by atoms with Crippen molar-refractivity contribution >= 4 is 23.5 Å².